The van der Waals surface area contributed by atoms with Crippen LogP contribution < -0.4 is 4.80 Å². The van der Waals surface area contributed by atoms with Crippen LogP contribution in [0.1, 0.15) is 5.56 Å². The molecule has 0 spiro atoms. The molecule has 2 aromatic carbocycles. The molecule has 0 aliphatic rings. The summed E-state index contributed by atoms with van der Waals surface area (Å²) in [7, 11) is 1.93. The van der Waals surface area contributed by atoms with E-state index in [0.717, 1.165) is 21.1 Å². The summed E-state index contributed by atoms with van der Waals surface area (Å²) in [4.78, 5) is 5.54. The first-order valence-corrected chi connectivity index (χ1v) is 7.25. The molecule has 20 heavy (non-hydrogen) atoms. The van der Waals surface area contributed by atoms with Gasteiger partial charge in [0.05, 0.1) is 5.69 Å². The Morgan fingerprint density at radius 2 is 1.70 bits per heavy atom. The highest BCUT2D eigenvalue weighted by Gasteiger charge is 2.04. The number of nitrogens with zero attached hydrogens (tertiary/aromatic N) is 3. The number of aromatic nitrogens is 2. The first-order chi connectivity index (χ1) is 9.72. The fraction of sp³-hybridized carbons (Fsp3) is 0.125. The topological polar surface area (TPSA) is 30.2 Å². The lowest BCUT2D eigenvalue weighted by atomic mass is 10.2. The molecule has 0 amide bonds. The van der Waals surface area contributed by atoms with Crippen LogP contribution in [0.15, 0.2) is 59.6 Å². The highest BCUT2D eigenvalue weighted by Crippen LogP contribution is 2.19. The van der Waals surface area contributed by atoms with Gasteiger partial charge in [0, 0.05) is 12.6 Å². The Labute approximate surface area is 121 Å². The number of hydrogen-bond donors (Lipinski definition) is 0. The average Bonchev–Trinajstić information content (AvgIpc) is 2.84. The third-order valence-electron chi connectivity index (χ3n) is 2.99. The highest BCUT2D eigenvalue weighted by molar-refractivity contribution is 7.12. The van der Waals surface area contributed by atoms with Crippen LogP contribution in [0.3, 0.4) is 0 Å². The number of hydrogen-bond acceptors (Lipinski definition) is 3. The van der Waals surface area contributed by atoms with Crippen molar-refractivity contribution in [2.24, 2.45) is 12.0 Å². The van der Waals surface area contributed by atoms with Crippen molar-refractivity contribution in [3.05, 3.63) is 65.0 Å². The van der Waals surface area contributed by atoms with E-state index in [9.17, 15) is 0 Å². The summed E-state index contributed by atoms with van der Waals surface area (Å²) < 4.78 is 1.83. The van der Waals surface area contributed by atoms with Crippen LogP contribution >= 0.6 is 11.3 Å². The zero-order chi connectivity index (χ0) is 13.9. The lowest BCUT2D eigenvalue weighted by molar-refractivity contribution is 0.732. The molecule has 0 aliphatic carbocycles. The summed E-state index contributed by atoms with van der Waals surface area (Å²) in [5, 5.41) is 5.52. The van der Waals surface area contributed by atoms with Crippen molar-refractivity contribution in [1.29, 1.82) is 0 Å². The molecule has 0 aliphatic heterocycles. The largest absolute Gasteiger partial charge is 0.241 e. The predicted molar refractivity (Wildman–Crippen MR) is 82.9 cm³/mol. The average molecular weight is 281 g/mol. The van der Waals surface area contributed by atoms with Gasteiger partial charge in [0.15, 0.2) is 0 Å². The van der Waals surface area contributed by atoms with Crippen molar-refractivity contribution < 1.29 is 0 Å². The van der Waals surface area contributed by atoms with Gasteiger partial charge in [-0.25, -0.2) is 9.67 Å². The molecule has 0 N–H and O–H groups in total. The molecule has 0 radical (unpaired) electrons. The smallest absolute Gasteiger partial charge is 0.208 e. The van der Waals surface area contributed by atoms with E-state index in [4.69, 9.17) is 0 Å². The second-order valence-corrected chi connectivity index (χ2v) is 5.58. The van der Waals surface area contributed by atoms with E-state index >= 15 is 0 Å². The third-order valence-corrected chi connectivity index (χ3v) is 4.03. The Morgan fingerprint density at radius 3 is 2.40 bits per heavy atom. The lowest BCUT2D eigenvalue weighted by Crippen LogP contribution is -2.10. The summed E-state index contributed by atoms with van der Waals surface area (Å²) >= 11 is 1.60. The van der Waals surface area contributed by atoms with Crippen molar-refractivity contribution in [1.82, 2.24) is 9.78 Å². The maximum atomic E-state index is 4.65. The monoisotopic (exact) mass is 281 g/mol. The van der Waals surface area contributed by atoms with Crippen LogP contribution in [0, 0.1) is 6.92 Å². The SMILES string of the molecule is Cc1ccc(N=c2sc(-c3ccccc3)nn2C)cc1. The fourth-order valence-electron chi connectivity index (χ4n) is 1.87. The molecular weight excluding hydrogens is 266 g/mol. The van der Waals surface area contributed by atoms with Crippen LogP contribution in [0.5, 0.6) is 0 Å². The lowest BCUT2D eigenvalue weighted by Gasteiger charge is -1.93. The summed E-state index contributed by atoms with van der Waals surface area (Å²) in [6.45, 7) is 2.07. The molecule has 0 fully saturated rings. The van der Waals surface area contributed by atoms with E-state index in [1.807, 2.05) is 42.1 Å². The zero-order valence-electron chi connectivity index (χ0n) is 11.4. The zero-order valence-corrected chi connectivity index (χ0v) is 12.3. The van der Waals surface area contributed by atoms with E-state index in [0.29, 0.717) is 0 Å². The van der Waals surface area contributed by atoms with Gasteiger partial charge in [-0.05, 0) is 19.1 Å². The summed E-state index contributed by atoms with van der Waals surface area (Å²) in [5.74, 6) is 0. The molecule has 3 rings (SSSR count). The van der Waals surface area contributed by atoms with Gasteiger partial charge in [0.1, 0.15) is 5.01 Å². The van der Waals surface area contributed by atoms with Crippen LogP contribution in [0.4, 0.5) is 5.69 Å². The van der Waals surface area contributed by atoms with Gasteiger partial charge in [0.25, 0.3) is 0 Å². The number of rotatable bonds is 2. The molecule has 3 aromatic rings. The normalized spacial score (nSPS) is 11.8. The van der Waals surface area contributed by atoms with E-state index < -0.39 is 0 Å². The van der Waals surface area contributed by atoms with Gasteiger partial charge in [-0.15, -0.1) is 0 Å². The minimum Gasteiger partial charge on any atom is -0.241 e. The van der Waals surface area contributed by atoms with Crippen molar-refractivity contribution in [3.63, 3.8) is 0 Å². The van der Waals surface area contributed by atoms with Crippen molar-refractivity contribution in [2.75, 3.05) is 0 Å². The molecule has 0 atom stereocenters. The van der Waals surface area contributed by atoms with E-state index in [-0.39, 0.29) is 0 Å². The molecular formula is C16H15N3S. The summed E-state index contributed by atoms with van der Waals surface area (Å²) in [6, 6.07) is 18.4. The highest BCUT2D eigenvalue weighted by atomic mass is 32.1. The molecule has 0 unspecified atom stereocenters. The minimum atomic E-state index is 0.896. The number of aryl methyl sites for hydroxylation is 2. The summed E-state index contributed by atoms with van der Waals surface area (Å²) in [5.41, 5.74) is 3.32. The summed E-state index contributed by atoms with van der Waals surface area (Å²) in [6.07, 6.45) is 0. The minimum absolute atomic E-state index is 0.896. The molecule has 0 saturated heterocycles. The van der Waals surface area contributed by atoms with Gasteiger partial charge in [-0.2, -0.15) is 5.10 Å². The Kier molecular flexibility index (Phi) is 3.48. The quantitative estimate of drug-likeness (QED) is 0.704. The second-order valence-electron chi connectivity index (χ2n) is 4.63. The maximum Gasteiger partial charge on any atom is 0.208 e. The first-order valence-electron chi connectivity index (χ1n) is 6.43. The Bertz CT molecular complexity index is 767. The van der Waals surface area contributed by atoms with Gasteiger partial charge < -0.3 is 0 Å². The first kappa shape index (κ1) is 12.8. The van der Waals surface area contributed by atoms with Crippen LogP contribution in [-0.2, 0) is 7.05 Å². The maximum absolute atomic E-state index is 4.65. The van der Waals surface area contributed by atoms with Crippen molar-refractivity contribution in [2.45, 2.75) is 6.92 Å². The molecule has 4 heteroatoms. The molecule has 0 saturated carbocycles. The van der Waals surface area contributed by atoms with Gasteiger partial charge >= 0.3 is 0 Å². The van der Waals surface area contributed by atoms with Gasteiger partial charge in [-0.3, -0.25) is 0 Å². The Hall–Kier alpha value is -2.20. The third kappa shape index (κ3) is 2.70. The van der Waals surface area contributed by atoms with Gasteiger partial charge in [0.2, 0.25) is 4.80 Å². The predicted octanol–water partition coefficient (Wildman–Crippen LogP) is 3.69. The second kappa shape index (κ2) is 5.43. The molecule has 1 aromatic heterocycles. The molecule has 100 valence electrons. The van der Waals surface area contributed by atoms with Crippen LogP contribution in [0.25, 0.3) is 10.6 Å². The molecule has 3 nitrogen and oxygen atoms in total. The Balaban J connectivity index is 2.03. The molecule has 1 heterocycles. The van der Waals surface area contributed by atoms with E-state index in [1.165, 1.54) is 5.56 Å². The van der Waals surface area contributed by atoms with E-state index in [2.05, 4.69) is 41.3 Å². The fourth-order valence-corrected chi connectivity index (χ4v) is 2.79. The molecule has 0 bridgehead atoms. The van der Waals surface area contributed by atoms with Crippen molar-refractivity contribution in [3.8, 4) is 10.6 Å². The number of benzene rings is 2. The Morgan fingerprint density at radius 1 is 1.00 bits per heavy atom. The standard InChI is InChI=1S/C16H15N3S/c1-12-8-10-14(11-9-12)17-16-19(2)18-15(20-16)13-6-4-3-5-7-13/h3-11H,1-2H3. The van der Waals surface area contributed by atoms with Crippen LogP contribution in [0.2, 0.25) is 0 Å². The van der Waals surface area contributed by atoms with E-state index in [1.54, 1.807) is 11.3 Å². The van der Waals surface area contributed by atoms with Crippen molar-refractivity contribution >= 4 is 17.0 Å². The van der Waals surface area contributed by atoms with Crippen LogP contribution in [-0.4, -0.2) is 9.78 Å². The van der Waals surface area contributed by atoms with Gasteiger partial charge in [-0.1, -0.05) is 59.4 Å².